The number of imide groups is 1. The van der Waals surface area contributed by atoms with Crippen LogP contribution in [0.5, 0.6) is 5.75 Å². The van der Waals surface area contributed by atoms with Gasteiger partial charge in [0.15, 0.2) is 6.10 Å². The summed E-state index contributed by atoms with van der Waals surface area (Å²) in [5.74, 6) is -7.68. The molecule has 2 fully saturated rings. The predicted octanol–water partition coefficient (Wildman–Crippen LogP) is 3.69. The second-order valence-electron chi connectivity index (χ2n) is 24.3. The number of nitrogens with one attached hydrogen (secondary N) is 5. The van der Waals surface area contributed by atoms with Crippen molar-refractivity contribution in [2.45, 2.75) is 156 Å². The molecule has 27 nitrogen and oxygen atoms in total. The SMILES string of the molecule is COCCOCCOCCOCCC(=O)N(CCC(=O)N[C@H](C(=O)N[C@@H](C)C(=O)NCc1ccc([C@H]2O[C@@H]2[C@@H](C)[C@@H]2C/C=C\C(=O)N[C@H](Cc3ccc(OC)c(Cl)c3)C(=O)NCC(C)(C)C(=O)O[C@@H](CC(C)C)C(=O)O2)cc1)C(C)C)CCC(=O)ON1C(=O)CCC1=O. The molecule has 0 aliphatic carbocycles. The van der Waals surface area contributed by atoms with E-state index >= 15 is 0 Å². The van der Waals surface area contributed by atoms with Crippen molar-refractivity contribution in [3.8, 4) is 5.75 Å². The molecule has 2 aromatic rings. The van der Waals surface area contributed by atoms with Gasteiger partial charge in [0.05, 0.1) is 82.7 Å². The van der Waals surface area contributed by atoms with E-state index in [9.17, 15) is 52.7 Å². The zero-order valence-electron chi connectivity index (χ0n) is 54.8. The molecular weight excluding hydrogens is 1230 g/mol. The smallest absolute Gasteiger partial charge is 0.347 e. The Morgan fingerprint density at radius 1 is 0.774 bits per heavy atom. The normalized spacial score (nSPS) is 20.7. The molecular formula is C65H92ClN7O20. The molecule has 8 amide bonds. The summed E-state index contributed by atoms with van der Waals surface area (Å²) in [6.45, 7) is 15.2. The average molecular weight is 1330 g/mol. The lowest BCUT2D eigenvalue weighted by molar-refractivity contribution is -0.197. The highest BCUT2D eigenvalue weighted by Crippen LogP contribution is 2.45. The van der Waals surface area contributed by atoms with Crippen molar-refractivity contribution < 1.29 is 95.5 Å². The lowest BCUT2D eigenvalue weighted by Crippen LogP contribution is -2.54. The number of ether oxygens (including phenoxy) is 8. The zero-order chi connectivity index (χ0) is 68.4. The Morgan fingerprint density at radius 3 is 2.03 bits per heavy atom. The van der Waals surface area contributed by atoms with Crippen molar-refractivity contribution in [3.63, 3.8) is 0 Å². The topological polar surface area (TPSA) is 341 Å². The monoisotopic (exact) mass is 1330 g/mol. The first-order valence-electron chi connectivity index (χ1n) is 31.4. The van der Waals surface area contributed by atoms with Crippen molar-refractivity contribution in [1.29, 1.82) is 0 Å². The second-order valence-corrected chi connectivity index (χ2v) is 24.7. The molecule has 2 saturated heterocycles. The summed E-state index contributed by atoms with van der Waals surface area (Å²) in [6, 6.07) is 9.09. The summed E-state index contributed by atoms with van der Waals surface area (Å²) >= 11 is 6.39. The summed E-state index contributed by atoms with van der Waals surface area (Å²) in [7, 11) is 3.05. The van der Waals surface area contributed by atoms with Crippen LogP contribution in [0.2, 0.25) is 5.02 Å². The minimum absolute atomic E-state index is 0.00421. The predicted molar refractivity (Wildman–Crippen MR) is 335 cm³/mol. The van der Waals surface area contributed by atoms with E-state index in [4.69, 9.17) is 54.3 Å². The minimum Gasteiger partial charge on any atom is -0.495 e. The molecule has 3 aliphatic rings. The zero-order valence-corrected chi connectivity index (χ0v) is 55.6. The van der Waals surface area contributed by atoms with Crippen LogP contribution in [0.4, 0.5) is 0 Å². The number of rotatable bonds is 34. The number of epoxide rings is 1. The van der Waals surface area contributed by atoms with E-state index in [1.54, 1.807) is 71.2 Å². The largest absolute Gasteiger partial charge is 0.495 e. The number of carbonyl (C=O) groups is 11. The van der Waals surface area contributed by atoms with E-state index < -0.39 is 131 Å². The fraction of sp³-hybridized carbons (Fsp3) is 0.615. The van der Waals surface area contributed by atoms with E-state index in [1.165, 1.54) is 25.0 Å². The third-order valence-electron chi connectivity index (χ3n) is 15.5. The molecule has 2 aromatic carbocycles. The fourth-order valence-corrected chi connectivity index (χ4v) is 10.1. The summed E-state index contributed by atoms with van der Waals surface area (Å²) in [4.78, 5) is 152. The van der Waals surface area contributed by atoms with Gasteiger partial charge in [-0.3, -0.25) is 43.2 Å². The van der Waals surface area contributed by atoms with Crippen LogP contribution in [-0.4, -0.2) is 192 Å². The Balaban J connectivity index is 1.15. The molecule has 8 atom stereocenters. The van der Waals surface area contributed by atoms with E-state index in [0.29, 0.717) is 47.8 Å². The number of cyclic esters (lactones) is 2. The number of benzene rings is 2. The van der Waals surface area contributed by atoms with Crippen LogP contribution >= 0.6 is 11.6 Å². The van der Waals surface area contributed by atoms with Gasteiger partial charge in [0.25, 0.3) is 11.8 Å². The van der Waals surface area contributed by atoms with E-state index in [1.807, 2.05) is 32.9 Å². The maximum atomic E-state index is 14.0. The van der Waals surface area contributed by atoms with E-state index in [-0.39, 0.29) is 96.9 Å². The second kappa shape index (κ2) is 38.0. The number of methoxy groups -OCH3 is 2. The van der Waals surface area contributed by atoms with Gasteiger partial charge in [-0.2, -0.15) is 0 Å². The van der Waals surface area contributed by atoms with Crippen LogP contribution in [0.15, 0.2) is 54.6 Å². The van der Waals surface area contributed by atoms with Crippen LogP contribution in [0.1, 0.15) is 123 Å². The van der Waals surface area contributed by atoms with Gasteiger partial charge in [-0.15, -0.1) is 5.06 Å². The lowest BCUT2D eigenvalue weighted by atomic mass is 9.92. The van der Waals surface area contributed by atoms with E-state index in [0.717, 1.165) is 11.1 Å². The highest BCUT2D eigenvalue weighted by atomic mass is 35.5. The van der Waals surface area contributed by atoms with Crippen molar-refractivity contribution >= 4 is 76.8 Å². The van der Waals surface area contributed by atoms with Gasteiger partial charge < -0.3 is 74.2 Å². The highest BCUT2D eigenvalue weighted by Gasteiger charge is 2.48. The average Bonchev–Trinajstić information content (AvgIpc) is 1.64. The van der Waals surface area contributed by atoms with Gasteiger partial charge in [-0.1, -0.05) is 82.6 Å². The van der Waals surface area contributed by atoms with Crippen LogP contribution in [0.25, 0.3) is 0 Å². The first kappa shape index (κ1) is 76.2. The van der Waals surface area contributed by atoms with Gasteiger partial charge in [0.2, 0.25) is 35.4 Å². The molecule has 3 heterocycles. The van der Waals surface area contributed by atoms with Crippen LogP contribution in [-0.2, 0) is 104 Å². The Bertz CT molecular complexity index is 2910. The number of esters is 2. The summed E-state index contributed by atoms with van der Waals surface area (Å²) in [5, 5.41) is 14.4. The number of halogens is 1. The molecule has 0 radical (unpaired) electrons. The molecule has 5 N–H and O–H groups in total. The van der Waals surface area contributed by atoms with Crippen molar-refractivity contribution in [3.05, 3.63) is 76.3 Å². The van der Waals surface area contributed by atoms with Crippen LogP contribution < -0.4 is 31.3 Å². The molecule has 0 bridgehead atoms. The molecule has 28 heteroatoms. The molecule has 0 aromatic heterocycles. The van der Waals surface area contributed by atoms with Crippen molar-refractivity contribution in [2.75, 3.05) is 80.1 Å². The summed E-state index contributed by atoms with van der Waals surface area (Å²) < 4.78 is 44.7. The highest BCUT2D eigenvalue weighted by molar-refractivity contribution is 6.32. The first-order chi connectivity index (χ1) is 44.2. The molecule has 0 unspecified atom stereocenters. The lowest BCUT2D eigenvalue weighted by Gasteiger charge is -2.29. The fourth-order valence-electron chi connectivity index (χ4n) is 9.77. The molecule has 0 spiro atoms. The Hall–Kier alpha value is -7.56. The van der Waals surface area contributed by atoms with Gasteiger partial charge in [0, 0.05) is 71.3 Å². The summed E-state index contributed by atoms with van der Waals surface area (Å²) in [6.07, 6.45) is -0.922. The number of nitrogens with zero attached hydrogens (tertiary/aromatic N) is 2. The number of hydrogen-bond donors (Lipinski definition) is 5. The number of amides is 8. The number of carbonyl (C=O) groups excluding carboxylic acids is 11. The minimum atomic E-state index is -1.30. The standard InChI is InChI=1S/C65H92ClN7O20/c1-39(2)34-50-63(83)90-48(12-11-13-51(74)70-47(36-44-16-19-49(86-10)46(66)35-44)61(81)68-38-65(7,8)64(84)91-50)41(5)58-59(92-58)45-17-14-43(15-18-45)37-67-60(80)42(6)69-62(82)57(40(3)4)71-52(75)22-25-72(26-23-56(79)93-73-54(77)20-21-55(73)78)53(76)24-27-87-30-31-89-33-32-88-29-28-85-9/h11,13-19,35,39-42,47-48,50,57-59H,12,20-34,36-38H2,1-10H3,(H,67,80)(H,68,81)(H,69,82)(H,70,74)(H,71,75)/b13-11-/t41-,42-,47+,48-,50-,57-,58+,59+/m0/s1. The van der Waals surface area contributed by atoms with Crippen molar-refractivity contribution in [1.82, 2.24) is 36.5 Å². The third-order valence-corrected chi connectivity index (χ3v) is 15.7. The Morgan fingerprint density at radius 2 is 1.41 bits per heavy atom. The third kappa shape index (κ3) is 25.4. The summed E-state index contributed by atoms with van der Waals surface area (Å²) in [5.41, 5.74) is 0.849. The maximum absolute atomic E-state index is 14.0. The Labute approximate surface area is 547 Å². The molecule has 5 rings (SSSR count). The number of hydroxylamine groups is 2. The van der Waals surface area contributed by atoms with Gasteiger partial charge in [0.1, 0.15) is 36.1 Å². The van der Waals surface area contributed by atoms with Crippen LogP contribution in [0.3, 0.4) is 0 Å². The number of hydrogen-bond acceptors (Lipinski definition) is 20. The molecule has 514 valence electrons. The molecule has 93 heavy (non-hydrogen) atoms. The quantitative estimate of drug-likeness (QED) is 0.0289. The van der Waals surface area contributed by atoms with Gasteiger partial charge >= 0.3 is 17.9 Å². The molecule has 0 saturated carbocycles. The first-order valence-corrected chi connectivity index (χ1v) is 31.8. The van der Waals surface area contributed by atoms with Gasteiger partial charge in [-0.05, 0) is 73.9 Å². The van der Waals surface area contributed by atoms with Crippen LogP contribution in [0, 0.1) is 23.2 Å². The van der Waals surface area contributed by atoms with Gasteiger partial charge in [-0.25, -0.2) is 9.59 Å². The molecule has 3 aliphatic heterocycles. The Kier molecular flexibility index (Phi) is 31.1. The maximum Gasteiger partial charge on any atom is 0.347 e. The van der Waals surface area contributed by atoms with Crippen molar-refractivity contribution in [2.24, 2.45) is 23.2 Å². The van der Waals surface area contributed by atoms with E-state index in [2.05, 4.69) is 26.6 Å².